The fraction of sp³-hybridized carbons (Fsp3) is 0.583. The van der Waals surface area contributed by atoms with Gasteiger partial charge in [0.15, 0.2) is 0 Å². The van der Waals surface area contributed by atoms with E-state index in [1.807, 2.05) is 18.3 Å². The number of pyridine rings is 1. The van der Waals surface area contributed by atoms with Crippen LogP contribution >= 0.6 is 0 Å². The topological polar surface area (TPSA) is 62.4 Å². The SMILES string of the molecule is NCc1ccc(N(CCO)C2CCC2)cn1. The van der Waals surface area contributed by atoms with Crippen LogP contribution in [0.2, 0.25) is 0 Å². The van der Waals surface area contributed by atoms with Crippen LogP contribution in [0, 0.1) is 0 Å². The van der Waals surface area contributed by atoms with Crippen molar-refractivity contribution in [3.8, 4) is 0 Å². The molecule has 0 amide bonds. The molecule has 4 heteroatoms. The third kappa shape index (κ3) is 2.33. The number of aliphatic hydroxyl groups excluding tert-OH is 1. The van der Waals surface area contributed by atoms with E-state index in [1.165, 1.54) is 19.3 Å². The van der Waals surface area contributed by atoms with E-state index >= 15 is 0 Å². The van der Waals surface area contributed by atoms with Crippen LogP contribution in [0.25, 0.3) is 0 Å². The largest absolute Gasteiger partial charge is 0.395 e. The highest BCUT2D eigenvalue weighted by Gasteiger charge is 2.24. The molecule has 3 N–H and O–H groups in total. The molecule has 0 radical (unpaired) electrons. The quantitative estimate of drug-likeness (QED) is 0.775. The summed E-state index contributed by atoms with van der Waals surface area (Å²) in [7, 11) is 0. The summed E-state index contributed by atoms with van der Waals surface area (Å²) in [4.78, 5) is 6.54. The Morgan fingerprint density at radius 2 is 2.25 bits per heavy atom. The molecule has 16 heavy (non-hydrogen) atoms. The molecule has 0 saturated heterocycles. The Morgan fingerprint density at radius 3 is 2.69 bits per heavy atom. The fourth-order valence-corrected chi connectivity index (χ4v) is 2.04. The number of anilines is 1. The number of nitrogens with two attached hydrogens (primary N) is 1. The van der Waals surface area contributed by atoms with E-state index in [-0.39, 0.29) is 6.61 Å². The van der Waals surface area contributed by atoms with Crippen molar-refractivity contribution < 1.29 is 5.11 Å². The predicted octanol–water partition coefficient (Wildman–Crippen LogP) is 0.891. The number of hydrogen-bond donors (Lipinski definition) is 2. The lowest BCUT2D eigenvalue weighted by Gasteiger charge is -2.38. The van der Waals surface area contributed by atoms with Crippen LogP contribution in [-0.2, 0) is 6.54 Å². The van der Waals surface area contributed by atoms with Crippen molar-refractivity contribution >= 4 is 5.69 Å². The Labute approximate surface area is 96.1 Å². The molecule has 1 aliphatic rings. The molecule has 0 unspecified atom stereocenters. The zero-order chi connectivity index (χ0) is 11.4. The van der Waals surface area contributed by atoms with Gasteiger partial charge < -0.3 is 15.7 Å². The molecule has 1 aromatic rings. The number of nitrogens with zero attached hydrogens (tertiary/aromatic N) is 2. The molecule has 88 valence electrons. The minimum absolute atomic E-state index is 0.190. The molecule has 0 aliphatic heterocycles. The molecule has 1 heterocycles. The predicted molar refractivity (Wildman–Crippen MR) is 64.2 cm³/mol. The second-order valence-electron chi connectivity index (χ2n) is 4.21. The van der Waals surface area contributed by atoms with Crippen LogP contribution < -0.4 is 10.6 Å². The molecule has 4 nitrogen and oxygen atoms in total. The van der Waals surface area contributed by atoms with Gasteiger partial charge in [0.25, 0.3) is 0 Å². The maximum atomic E-state index is 9.09. The molecule has 1 saturated carbocycles. The van der Waals surface area contributed by atoms with E-state index in [9.17, 15) is 0 Å². The average Bonchev–Trinajstić information content (AvgIpc) is 2.26. The number of aromatic nitrogens is 1. The van der Waals surface area contributed by atoms with E-state index in [0.717, 1.165) is 11.4 Å². The first-order valence-electron chi connectivity index (χ1n) is 5.87. The first-order chi connectivity index (χ1) is 7.85. The molecule has 2 rings (SSSR count). The van der Waals surface area contributed by atoms with Gasteiger partial charge in [0.2, 0.25) is 0 Å². The normalized spacial score (nSPS) is 15.9. The summed E-state index contributed by atoms with van der Waals surface area (Å²) in [6.07, 6.45) is 5.59. The summed E-state index contributed by atoms with van der Waals surface area (Å²) >= 11 is 0. The molecular weight excluding hydrogens is 202 g/mol. The third-order valence-electron chi connectivity index (χ3n) is 3.21. The second-order valence-corrected chi connectivity index (χ2v) is 4.21. The van der Waals surface area contributed by atoms with Crippen molar-refractivity contribution in [2.75, 3.05) is 18.1 Å². The van der Waals surface area contributed by atoms with Crippen LogP contribution in [0.5, 0.6) is 0 Å². The van der Waals surface area contributed by atoms with Gasteiger partial charge in [-0.05, 0) is 31.4 Å². The van der Waals surface area contributed by atoms with Crippen molar-refractivity contribution in [2.24, 2.45) is 5.73 Å². The maximum absolute atomic E-state index is 9.09. The molecule has 1 fully saturated rings. The Morgan fingerprint density at radius 1 is 1.44 bits per heavy atom. The van der Waals surface area contributed by atoms with Gasteiger partial charge in [-0.2, -0.15) is 0 Å². The third-order valence-corrected chi connectivity index (χ3v) is 3.21. The van der Waals surface area contributed by atoms with Crippen molar-refractivity contribution in [2.45, 2.75) is 31.8 Å². The van der Waals surface area contributed by atoms with E-state index in [0.29, 0.717) is 19.1 Å². The lowest BCUT2D eigenvalue weighted by molar-refractivity contribution is 0.283. The number of rotatable bonds is 5. The maximum Gasteiger partial charge on any atom is 0.0606 e. The fourth-order valence-electron chi connectivity index (χ4n) is 2.04. The van der Waals surface area contributed by atoms with E-state index in [4.69, 9.17) is 10.8 Å². The Balaban J connectivity index is 2.10. The molecule has 0 bridgehead atoms. The van der Waals surface area contributed by atoms with E-state index < -0.39 is 0 Å². The smallest absolute Gasteiger partial charge is 0.0606 e. The Kier molecular flexibility index (Phi) is 3.74. The van der Waals surface area contributed by atoms with Crippen LogP contribution in [0.15, 0.2) is 18.3 Å². The van der Waals surface area contributed by atoms with E-state index in [1.54, 1.807) is 0 Å². The molecule has 1 aromatic heterocycles. The van der Waals surface area contributed by atoms with Gasteiger partial charge in [0.05, 0.1) is 24.2 Å². The molecule has 0 spiro atoms. The van der Waals surface area contributed by atoms with Crippen molar-refractivity contribution in [3.05, 3.63) is 24.0 Å². The van der Waals surface area contributed by atoms with Crippen LogP contribution in [0.1, 0.15) is 25.0 Å². The van der Waals surface area contributed by atoms with Gasteiger partial charge >= 0.3 is 0 Å². The standard InChI is InChI=1S/C12H19N3O/c13-8-10-4-5-12(9-14-10)15(6-7-16)11-2-1-3-11/h4-5,9,11,16H,1-3,6-8,13H2. The summed E-state index contributed by atoms with van der Waals surface area (Å²) in [6, 6.07) is 4.58. The lowest BCUT2D eigenvalue weighted by atomic mass is 9.91. The number of aliphatic hydroxyl groups is 1. The summed E-state index contributed by atoms with van der Waals surface area (Å²) in [5.41, 5.74) is 7.51. The molecule has 1 aliphatic carbocycles. The van der Waals surface area contributed by atoms with Gasteiger partial charge in [-0.15, -0.1) is 0 Å². The summed E-state index contributed by atoms with van der Waals surface area (Å²) in [5.74, 6) is 0. The van der Waals surface area contributed by atoms with Gasteiger partial charge in [0.1, 0.15) is 0 Å². The minimum atomic E-state index is 0.190. The van der Waals surface area contributed by atoms with Crippen molar-refractivity contribution in [1.82, 2.24) is 4.98 Å². The highest BCUT2D eigenvalue weighted by atomic mass is 16.3. The van der Waals surface area contributed by atoms with E-state index in [2.05, 4.69) is 9.88 Å². The highest BCUT2D eigenvalue weighted by molar-refractivity contribution is 5.46. The minimum Gasteiger partial charge on any atom is -0.395 e. The molecule has 0 aromatic carbocycles. The van der Waals surface area contributed by atoms with Gasteiger partial charge in [0, 0.05) is 19.1 Å². The zero-order valence-electron chi connectivity index (χ0n) is 9.47. The van der Waals surface area contributed by atoms with Gasteiger partial charge in [-0.25, -0.2) is 0 Å². The summed E-state index contributed by atoms with van der Waals surface area (Å²) in [6.45, 7) is 1.35. The van der Waals surface area contributed by atoms with Crippen molar-refractivity contribution in [3.63, 3.8) is 0 Å². The lowest BCUT2D eigenvalue weighted by Crippen LogP contribution is -2.42. The summed E-state index contributed by atoms with van der Waals surface area (Å²) < 4.78 is 0. The monoisotopic (exact) mass is 221 g/mol. The highest BCUT2D eigenvalue weighted by Crippen LogP contribution is 2.28. The van der Waals surface area contributed by atoms with Crippen molar-refractivity contribution in [1.29, 1.82) is 0 Å². The molecule has 0 atom stereocenters. The summed E-state index contributed by atoms with van der Waals surface area (Å²) in [5, 5.41) is 9.09. The van der Waals surface area contributed by atoms with Crippen LogP contribution in [-0.4, -0.2) is 29.3 Å². The average molecular weight is 221 g/mol. The first-order valence-corrected chi connectivity index (χ1v) is 5.87. The van der Waals surface area contributed by atoms with Crippen LogP contribution in [0.4, 0.5) is 5.69 Å². The first kappa shape index (κ1) is 11.4. The van der Waals surface area contributed by atoms with Crippen LogP contribution in [0.3, 0.4) is 0 Å². The van der Waals surface area contributed by atoms with Gasteiger partial charge in [-0.3, -0.25) is 4.98 Å². The second kappa shape index (κ2) is 5.27. The zero-order valence-corrected chi connectivity index (χ0v) is 9.47. The van der Waals surface area contributed by atoms with Gasteiger partial charge in [-0.1, -0.05) is 0 Å². The Bertz CT molecular complexity index is 322. The molecular formula is C12H19N3O. The number of hydrogen-bond acceptors (Lipinski definition) is 4. The Hall–Kier alpha value is -1.13.